The molecule has 1 fully saturated rings. The Labute approximate surface area is 213 Å². The molecular formula is C29H29N3O3S. The van der Waals surface area contributed by atoms with Gasteiger partial charge in [0, 0.05) is 42.4 Å². The van der Waals surface area contributed by atoms with Crippen LogP contribution in [0.3, 0.4) is 0 Å². The number of nitrogens with zero attached hydrogens (tertiary/aromatic N) is 2. The molecule has 1 amide bonds. The van der Waals surface area contributed by atoms with Crippen molar-refractivity contribution in [1.29, 1.82) is 0 Å². The Morgan fingerprint density at radius 2 is 1.58 bits per heavy atom. The number of hydrogen-bond acceptors (Lipinski definition) is 5. The average molecular weight is 500 g/mol. The van der Waals surface area contributed by atoms with Crippen LogP contribution < -0.4 is 10.6 Å². The first-order chi connectivity index (χ1) is 17.6. The third kappa shape index (κ3) is 5.36. The fraction of sp³-hybridized carbons (Fsp3) is 0.207. The lowest BCUT2D eigenvalue weighted by Crippen LogP contribution is -2.49. The predicted octanol–water partition coefficient (Wildman–Crippen LogP) is 5.19. The minimum Gasteiger partial charge on any atom is -0.445 e. The maximum atomic E-state index is 13.3. The second kappa shape index (κ2) is 10.8. The quantitative estimate of drug-likeness (QED) is 0.370. The number of nitrogen functional groups attached to an aromatic ring is 1. The largest absolute Gasteiger partial charge is 0.445 e. The van der Waals surface area contributed by atoms with Crippen LogP contribution in [0.5, 0.6) is 0 Å². The number of carbonyl (C=O) groups excluding carboxylic acids is 1. The molecule has 4 aromatic rings. The Hall–Kier alpha value is -3.84. The highest BCUT2D eigenvalue weighted by atomic mass is 32.2. The van der Waals surface area contributed by atoms with Crippen LogP contribution in [0.2, 0.25) is 0 Å². The molecule has 0 saturated carbocycles. The standard InChI is InChI=1S/C29H29N3O3S/c30-27-14-13-25(19-24(27)21-36(34)28-12-6-10-23-9-4-5-11-26(23)28)31-15-17-32(18-16-31)29(33)35-20-22-7-2-1-3-8-22/h1-14,19H,15-18,20-21,30H2. The van der Waals surface area contributed by atoms with Crippen molar-refractivity contribution in [1.82, 2.24) is 4.90 Å². The Kier molecular flexibility index (Phi) is 7.18. The molecule has 4 aromatic carbocycles. The van der Waals surface area contributed by atoms with Crippen LogP contribution >= 0.6 is 0 Å². The molecule has 0 aliphatic carbocycles. The summed E-state index contributed by atoms with van der Waals surface area (Å²) in [5.74, 6) is 0.347. The van der Waals surface area contributed by atoms with Gasteiger partial charge in [-0.05, 0) is 46.2 Å². The zero-order chi connectivity index (χ0) is 24.9. The fourth-order valence-electron chi connectivity index (χ4n) is 4.48. The van der Waals surface area contributed by atoms with Gasteiger partial charge in [0.25, 0.3) is 0 Å². The monoisotopic (exact) mass is 499 g/mol. The van der Waals surface area contributed by atoms with Crippen molar-refractivity contribution in [3.8, 4) is 0 Å². The van der Waals surface area contributed by atoms with E-state index in [0.717, 1.165) is 32.5 Å². The van der Waals surface area contributed by atoms with E-state index < -0.39 is 10.8 Å². The molecule has 0 radical (unpaired) electrons. The number of carbonyl (C=O) groups is 1. The Bertz CT molecular complexity index is 1380. The molecule has 7 heteroatoms. The Morgan fingerprint density at radius 3 is 2.39 bits per heavy atom. The molecule has 1 saturated heterocycles. The summed E-state index contributed by atoms with van der Waals surface area (Å²) in [4.78, 5) is 17.3. The van der Waals surface area contributed by atoms with Gasteiger partial charge in [0.1, 0.15) is 6.61 Å². The first-order valence-corrected chi connectivity index (χ1v) is 13.4. The highest BCUT2D eigenvalue weighted by molar-refractivity contribution is 7.84. The van der Waals surface area contributed by atoms with Gasteiger partial charge in [-0.3, -0.25) is 4.21 Å². The molecule has 5 rings (SSSR count). The molecule has 0 aromatic heterocycles. The summed E-state index contributed by atoms with van der Waals surface area (Å²) in [7, 11) is -1.23. The molecule has 1 atom stereocenters. The lowest BCUT2D eigenvalue weighted by Gasteiger charge is -2.35. The molecule has 184 valence electrons. The first-order valence-electron chi connectivity index (χ1n) is 12.0. The summed E-state index contributed by atoms with van der Waals surface area (Å²) in [5, 5.41) is 2.08. The zero-order valence-electron chi connectivity index (χ0n) is 20.0. The van der Waals surface area contributed by atoms with Crippen molar-refractivity contribution in [3.05, 3.63) is 102 Å². The van der Waals surface area contributed by atoms with Crippen LogP contribution in [0.15, 0.2) is 95.9 Å². The van der Waals surface area contributed by atoms with Crippen LogP contribution in [-0.2, 0) is 27.9 Å². The molecule has 1 unspecified atom stereocenters. The van der Waals surface area contributed by atoms with Crippen LogP contribution in [0.4, 0.5) is 16.2 Å². The van der Waals surface area contributed by atoms with Crippen molar-refractivity contribution in [3.63, 3.8) is 0 Å². The number of anilines is 2. The summed E-state index contributed by atoms with van der Waals surface area (Å²) in [6, 6.07) is 29.5. The molecule has 2 N–H and O–H groups in total. The van der Waals surface area contributed by atoms with Crippen LogP contribution in [0.1, 0.15) is 11.1 Å². The average Bonchev–Trinajstić information content (AvgIpc) is 2.93. The Morgan fingerprint density at radius 1 is 0.861 bits per heavy atom. The molecule has 1 aliphatic rings. The number of fused-ring (bicyclic) bond motifs is 1. The van der Waals surface area contributed by atoms with Crippen LogP contribution in [0.25, 0.3) is 10.8 Å². The highest BCUT2D eigenvalue weighted by Crippen LogP contribution is 2.28. The van der Waals surface area contributed by atoms with E-state index in [-0.39, 0.29) is 12.7 Å². The molecule has 0 spiro atoms. The summed E-state index contributed by atoms with van der Waals surface area (Å²) >= 11 is 0. The molecular weight excluding hydrogens is 470 g/mol. The smallest absolute Gasteiger partial charge is 0.410 e. The molecule has 0 bridgehead atoms. The maximum absolute atomic E-state index is 13.3. The molecule has 36 heavy (non-hydrogen) atoms. The number of nitrogens with two attached hydrogens (primary N) is 1. The van der Waals surface area contributed by atoms with E-state index in [2.05, 4.69) is 4.90 Å². The summed E-state index contributed by atoms with van der Waals surface area (Å²) in [5.41, 5.74) is 9.77. The van der Waals surface area contributed by atoms with Gasteiger partial charge in [-0.25, -0.2) is 4.79 Å². The van der Waals surface area contributed by atoms with E-state index in [1.807, 2.05) is 91.0 Å². The minimum absolute atomic E-state index is 0.273. The fourth-order valence-corrected chi connectivity index (χ4v) is 5.83. The van der Waals surface area contributed by atoms with Gasteiger partial charge in [0.2, 0.25) is 0 Å². The van der Waals surface area contributed by atoms with Crippen LogP contribution in [-0.4, -0.2) is 41.4 Å². The van der Waals surface area contributed by atoms with Crippen molar-refractivity contribution in [2.45, 2.75) is 17.3 Å². The number of benzene rings is 4. The van der Waals surface area contributed by atoms with E-state index in [1.165, 1.54) is 0 Å². The number of piperazine rings is 1. The normalized spacial score (nSPS) is 14.6. The predicted molar refractivity (Wildman–Crippen MR) is 145 cm³/mol. The lowest BCUT2D eigenvalue weighted by atomic mass is 10.1. The third-order valence-corrected chi connectivity index (χ3v) is 7.94. The second-order valence-corrected chi connectivity index (χ2v) is 10.3. The van der Waals surface area contributed by atoms with Gasteiger partial charge in [-0.1, -0.05) is 66.7 Å². The van der Waals surface area contributed by atoms with Gasteiger partial charge in [-0.2, -0.15) is 0 Å². The first kappa shape index (κ1) is 23.9. The topological polar surface area (TPSA) is 75.9 Å². The van der Waals surface area contributed by atoms with E-state index >= 15 is 0 Å². The maximum Gasteiger partial charge on any atom is 0.410 e. The van der Waals surface area contributed by atoms with E-state index in [0.29, 0.717) is 37.6 Å². The SMILES string of the molecule is Nc1ccc(N2CCN(C(=O)OCc3ccccc3)CC2)cc1CS(=O)c1cccc2ccccc12. The zero-order valence-corrected chi connectivity index (χ0v) is 20.8. The third-order valence-electron chi connectivity index (χ3n) is 6.52. The van der Waals surface area contributed by atoms with Crippen molar-refractivity contribution >= 4 is 39.0 Å². The number of hydrogen-bond donors (Lipinski definition) is 1. The number of rotatable bonds is 6. The lowest BCUT2D eigenvalue weighted by molar-refractivity contribution is 0.0942. The van der Waals surface area contributed by atoms with Crippen LogP contribution in [0, 0.1) is 0 Å². The minimum atomic E-state index is -1.23. The van der Waals surface area contributed by atoms with E-state index in [9.17, 15) is 9.00 Å². The summed E-state index contributed by atoms with van der Waals surface area (Å²) in [6.45, 7) is 2.81. The van der Waals surface area contributed by atoms with E-state index in [1.54, 1.807) is 4.90 Å². The Balaban J connectivity index is 1.22. The summed E-state index contributed by atoms with van der Waals surface area (Å²) in [6.07, 6.45) is -0.290. The summed E-state index contributed by atoms with van der Waals surface area (Å²) < 4.78 is 18.8. The van der Waals surface area contributed by atoms with E-state index in [4.69, 9.17) is 10.5 Å². The van der Waals surface area contributed by atoms with Crippen molar-refractivity contribution < 1.29 is 13.7 Å². The van der Waals surface area contributed by atoms with Gasteiger partial charge >= 0.3 is 6.09 Å². The van der Waals surface area contributed by atoms with Gasteiger partial charge in [0.05, 0.1) is 16.6 Å². The van der Waals surface area contributed by atoms with Crippen molar-refractivity contribution in [2.24, 2.45) is 0 Å². The highest BCUT2D eigenvalue weighted by Gasteiger charge is 2.23. The molecule has 1 aliphatic heterocycles. The van der Waals surface area contributed by atoms with Crippen molar-refractivity contribution in [2.75, 3.05) is 36.8 Å². The number of ether oxygens (including phenoxy) is 1. The number of amides is 1. The molecule has 1 heterocycles. The van der Waals surface area contributed by atoms with Gasteiger partial charge in [0.15, 0.2) is 0 Å². The second-order valence-electron chi connectivity index (χ2n) is 8.86. The van der Waals surface area contributed by atoms with Gasteiger partial charge < -0.3 is 20.3 Å². The van der Waals surface area contributed by atoms with Gasteiger partial charge in [-0.15, -0.1) is 0 Å². The molecule has 6 nitrogen and oxygen atoms in total.